The Morgan fingerprint density at radius 2 is 0.810 bits per heavy atom. The minimum absolute atomic E-state index is 0.883. The molecule has 0 aliphatic carbocycles. The summed E-state index contributed by atoms with van der Waals surface area (Å²) in [7, 11) is 0. The SMILES string of the molecule is c1ccc(-c2ccc(N(c3ccc(-c4ccc(-c5cccc6ccccc56)cc4)cc3)c3ccccc3-c3ccc4c(c3)oc3ccc5ccccc5c34)cc2)cc1. The van der Waals surface area contributed by atoms with E-state index in [1.807, 2.05) is 0 Å². The van der Waals surface area contributed by atoms with Crippen LogP contribution in [0.4, 0.5) is 17.1 Å². The van der Waals surface area contributed by atoms with Gasteiger partial charge in [0.05, 0.1) is 5.69 Å². The molecule has 58 heavy (non-hydrogen) atoms. The lowest BCUT2D eigenvalue weighted by Gasteiger charge is -2.28. The molecule has 0 saturated carbocycles. The van der Waals surface area contributed by atoms with Gasteiger partial charge in [-0.05, 0) is 109 Å². The van der Waals surface area contributed by atoms with Crippen LogP contribution in [0.5, 0.6) is 0 Å². The number of fused-ring (bicyclic) bond motifs is 6. The van der Waals surface area contributed by atoms with E-state index in [0.717, 1.165) is 50.1 Å². The molecule has 0 aliphatic rings. The Bertz CT molecular complexity index is 3250. The zero-order chi connectivity index (χ0) is 38.4. The zero-order valence-electron chi connectivity index (χ0n) is 31.7. The second-order valence-corrected chi connectivity index (χ2v) is 14.9. The van der Waals surface area contributed by atoms with Crippen molar-refractivity contribution in [2.45, 2.75) is 0 Å². The van der Waals surface area contributed by atoms with Crippen LogP contribution in [0.3, 0.4) is 0 Å². The standard InChI is InChI=1S/C56H37NO/c1-2-11-38(12-3-1)40-25-31-46(32-26-40)57(47-33-27-41(28-34-47)39-21-23-44(24-22-39)49-19-10-15-42-13-4-6-16-48(42)49)53-20-9-8-17-50(53)45-29-35-52-55(37-45)58-54-36-30-43-14-5-7-18-51(43)56(52)54/h1-37H. The molecule has 272 valence electrons. The molecule has 0 fully saturated rings. The van der Waals surface area contributed by atoms with Crippen LogP contribution in [-0.2, 0) is 0 Å². The van der Waals surface area contributed by atoms with E-state index in [9.17, 15) is 0 Å². The Hall–Kier alpha value is -7.68. The number of hydrogen-bond acceptors (Lipinski definition) is 2. The third kappa shape index (κ3) is 5.91. The van der Waals surface area contributed by atoms with Gasteiger partial charge in [0.15, 0.2) is 0 Å². The molecular formula is C56H37NO. The summed E-state index contributed by atoms with van der Waals surface area (Å²) in [6.07, 6.45) is 0. The van der Waals surface area contributed by atoms with E-state index in [2.05, 4.69) is 229 Å². The summed E-state index contributed by atoms with van der Waals surface area (Å²) in [5.41, 5.74) is 14.4. The van der Waals surface area contributed by atoms with Crippen LogP contribution < -0.4 is 4.90 Å². The fraction of sp³-hybridized carbons (Fsp3) is 0. The van der Waals surface area contributed by atoms with Crippen molar-refractivity contribution in [3.05, 3.63) is 224 Å². The van der Waals surface area contributed by atoms with Crippen molar-refractivity contribution >= 4 is 60.5 Å². The highest BCUT2D eigenvalue weighted by Crippen LogP contribution is 2.44. The number of rotatable bonds is 7. The Morgan fingerprint density at radius 3 is 1.53 bits per heavy atom. The maximum Gasteiger partial charge on any atom is 0.136 e. The molecule has 11 rings (SSSR count). The topological polar surface area (TPSA) is 16.4 Å². The molecule has 0 radical (unpaired) electrons. The van der Waals surface area contributed by atoms with Gasteiger partial charge in [0, 0.05) is 27.7 Å². The van der Waals surface area contributed by atoms with Crippen LogP contribution in [0.2, 0.25) is 0 Å². The molecule has 0 saturated heterocycles. The van der Waals surface area contributed by atoms with Crippen molar-refractivity contribution in [1.82, 2.24) is 0 Å². The molecule has 0 spiro atoms. The molecular weight excluding hydrogens is 703 g/mol. The van der Waals surface area contributed by atoms with E-state index in [4.69, 9.17) is 4.42 Å². The molecule has 0 atom stereocenters. The number of para-hydroxylation sites is 1. The summed E-state index contributed by atoms with van der Waals surface area (Å²) < 4.78 is 6.54. The summed E-state index contributed by atoms with van der Waals surface area (Å²) >= 11 is 0. The van der Waals surface area contributed by atoms with Gasteiger partial charge in [-0.25, -0.2) is 0 Å². The van der Waals surface area contributed by atoms with E-state index < -0.39 is 0 Å². The van der Waals surface area contributed by atoms with Crippen LogP contribution in [0.1, 0.15) is 0 Å². The molecule has 2 heteroatoms. The smallest absolute Gasteiger partial charge is 0.136 e. The minimum atomic E-state index is 0.883. The third-order valence-corrected chi connectivity index (χ3v) is 11.5. The average molecular weight is 740 g/mol. The molecule has 2 nitrogen and oxygen atoms in total. The number of anilines is 3. The highest BCUT2D eigenvalue weighted by atomic mass is 16.3. The Morgan fingerprint density at radius 1 is 0.293 bits per heavy atom. The van der Waals surface area contributed by atoms with Gasteiger partial charge in [0.25, 0.3) is 0 Å². The molecule has 1 heterocycles. The van der Waals surface area contributed by atoms with Crippen molar-refractivity contribution in [2.24, 2.45) is 0 Å². The third-order valence-electron chi connectivity index (χ3n) is 11.5. The summed E-state index contributed by atoms with van der Waals surface area (Å²) in [5.74, 6) is 0. The maximum atomic E-state index is 6.54. The quantitative estimate of drug-likeness (QED) is 0.162. The normalized spacial score (nSPS) is 11.4. The number of benzene rings is 10. The lowest BCUT2D eigenvalue weighted by Crippen LogP contribution is -2.11. The van der Waals surface area contributed by atoms with Gasteiger partial charge in [0.2, 0.25) is 0 Å². The average Bonchev–Trinajstić information content (AvgIpc) is 3.69. The van der Waals surface area contributed by atoms with Crippen molar-refractivity contribution in [3.8, 4) is 44.5 Å². The van der Waals surface area contributed by atoms with E-state index in [-0.39, 0.29) is 0 Å². The summed E-state index contributed by atoms with van der Waals surface area (Å²) in [5, 5.41) is 7.24. The van der Waals surface area contributed by atoms with Gasteiger partial charge in [0.1, 0.15) is 11.2 Å². The van der Waals surface area contributed by atoms with Crippen molar-refractivity contribution in [3.63, 3.8) is 0 Å². The lowest BCUT2D eigenvalue weighted by atomic mass is 9.96. The molecule has 0 aliphatic heterocycles. The maximum absolute atomic E-state index is 6.54. The first-order valence-corrected chi connectivity index (χ1v) is 19.8. The minimum Gasteiger partial charge on any atom is -0.456 e. The summed E-state index contributed by atoms with van der Waals surface area (Å²) in [6, 6.07) is 80.6. The van der Waals surface area contributed by atoms with Gasteiger partial charge in [-0.3, -0.25) is 0 Å². The van der Waals surface area contributed by atoms with E-state index in [0.29, 0.717) is 0 Å². The van der Waals surface area contributed by atoms with Crippen molar-refractivity contribution < 1.29 is 4.42 Å². The van der Waals surface area contributed by atoms with E-state index >= 15 is 0 Å². The molecule has 0 unspecified atom stereocenters. The fourth-order valence-corrected chi connectivity index (χ4v) is 8.61. The van der Waals surface area contributed by atoms with Crippen LogP contribution in [-0.4, -0.2) is 0 Å². The molecule has 1 aromatic heterocycles. The molecule has 0 bridgehead atoms. The first-order chi connectivity index (χ1) is 28.7. The van der Waals surface area contributed by atoms with Crippen LogP contribution >= 0.6 is 0 Å². The van der Waals surface area contributed by atoms with Gasteiger partial charge in [-0.2, -0.15) is 0 Å². The molecule has 0 amide bonds. The number of hydrogen-bond donors (Lipinski definition) is 0. The van der Waals surface area contributed by atoms with E-state index in [1.165, 1.54) is 54.9 Å². The van der Waals surface area contributed by atoms with Crippen LogP contribution in [0.25, 0.3) is 88.0 Å². The van der Waals surface area contributed by atoms with Crippen LogP contribution in [0, 0.1) is 0 Å². The van der Waals surface area contributed by atoms with Crippen molar-refractivity contribution in [1.29, 1.82) is 0 Å². The highest BCUT2D eigenvalue weighted by Gasteiger charge is 2.19. The first-order valence-electron chi connectivity index (χ1n) is 19.8. The fourth-order valence-electron chi connectivity index (χ4n) is 8.61. The Labute approximate surface area is 337 Å². The van der Waals surface area contributed by atoms with Gasteiger partial charge >= 0.3 is 0 Å². The summed E-state index contributed by atoms with van der Waals surface area (Å²) in [4.78, 5) is 2.37. The van der Waals surface area contributed by atoms with Gasteiger partial charge < -0.3 is 9.32 Å². The molecule has 11 aromatic rings. The predicted molar refractivity (Wildman–Crippen MR) is 245 cm³/mol. The second kappa shape index (κ2) is 14.1. The predicted octanol–water partition coefficient (Wildman–Crippen LogP) is 16.0. The Kier molecular flexibility index (Phi) is 8.19. The zero-order valence-corrected chi connectivity index (χ0v) is 31.7. The monoisotopic (exact) mass is 739 g/mol. The highest BCUT2D eigenvalue weighted by molar-refractivity contribution is 6.19. The number of furan rings is 1. The lowest BCUT2D eigenvalue weighted by molar-refractivity contribution is 0.669. The van der Waals surface area contributed by atoms with E-state index in [1.54, 1.807) is 0 Å². The largest absolute Gasteiger partial charge is 0.456 e. The van der Waals surface area contributed by atoms with Crippen LogP contribution in [0.15, 0.2) is 229 Å². The Balaban J connectivity index is 0.993. The van der Waals surface area contributed by atoms with Gasteiger partial charge in [-0.15, -0.1) is 0 Å². The summed E-state index contributed by atoms with van der Waals surface area (Å²) in [6.45, 7) is 0. The molecule has 10 aromatic carbocycles. The number of nitrogens with zero attached hydrogens (tertiary/aromatic N) is 1. The molecule has 0 N–H and O–H groups in total. The van der Waals surface area contributed by atoms with Gasteiger partial charge in [-0.1, -0.05) is 176 Å². The first kappa shape index (κ1) is 33.6. The second-order valence-electron chi connectivity index (χ2n) is 14.9. The van der Waals surface area contributed by atoms with Crippen molar-refractivity contribution in [2.75, 3.05) is 4.90 Å².